The quantitative estimate of drug-likeness (QED) is 0.803. The minimum absolute atomic E-state index is 0.250. The zero-order valence-corrected chi connectivity index (χ0v) is 11.2. The third-order valence-electron chi connectivity index (χ3n) is 3.96. The molecular formula is C13H16F3N3O2. The van der Waals surface area contributed by atoms with Gasteiger partial charge in [0.05, 0.1) is 6.61 Å². The normalized spacial score (nSPS) is 27.4. The van der Waals surface area contributed by atoms with Crippen molar-refractivity contribution in [3.63, 3.8) is 0 Å². The molecule has 2 atom stereocenters. The Kier molecular flexibility index (Phi) is 3.76. The molecule has 1 aromatic heterocycles. The van der Waals surface area contributed by atoms with E-state index in [4.69, 9.17) is 4.74 Å². The van der Waals surface area contributed by atoms with Crippen LogP contribution in [-0.2, 0) is 10.9 Å². The molecule has 2 fully saturated rings. The van der Waals surface area contributed by atoms with E-state index in [1.807, 2.05) is 0 Å². The van der Waals surface area contributed by atoms with Gasteiger partial charge in [-0.05, 0) is 0 Å². The van der Waals surface area contributed by atoms with Crippen LogP contribution < -0.4 is 10.7 Å². The highest BCUT2D eigenvalue weighted by Gasteiger charge is 2.35. The van der Waals surface area contributed by atoms with E-state index in [-0.39, 0.29) is 11.6 Å². The maximum atomic E-state index is 12.5. The summed E-state index contributed by atoms with van der Waals surface area (Å²) in [6.45, 7) is 3.55. The van der Waals surface area contributed by atoms with Crippen molar-refractivity contribution < 1.29 is 17.9 Å². The van der Waals surface area contributed by atoms with Crippen LogP contribution in [0.4, 0.5) is 13.2 Å². The van der Waals surface area contributed by atoms with E-state index >= 15 is 0 Å². The Balaban J connectivity index is 1.80. The van der Waals surface area contributed by atoms with Crippen molar-refractivity contribution in [1.29, 1.82) is 0 Å². The summed E-state index contributed by atoms with van der Waals surface area (Å²) in [5.74, 6) is 0. The number of nitrogens with zero attached hydrogens (tertiary/aromatic N) is 1. The molecule has 2 aliphatic heterocycles. The predicted molar refractivity (Wildman–Crippen MR) is 69.0 cm³/mol. The van der Waals surface area contributed by atoms with E-state index in [0.29, 0.717) is 19.2 Å². The molecule has 1 aromatic rings. The second-order valence-corrected chi connectivity index (χ2v) is 5.34. The third-order valence-corrected chi connectivity index (χ3v) is 3.96. The van der Waals surface area contributed by atoms with Crippen molar-refractivity contribution >= 4 is 0 Å². The molecule has 5 nitrogen and oxygen atoms in total. The molecule has 0 bridgehead atoms. The third kappa shape index (κ3) is 2.97. The lowest BCUT2D eigenvalue weighted by molar-refractivity contribution is -0.141. The molecule has 8 heteroatoms. The Morgan fingerprint density at radius 1 is 1.38 bits per heavy atom. The first kappa shape index (κ1) is 14.6. The van der Waals surface area contributed by atoms with Gasteiger partial charge in [0, 0.05) is 50.0 Å². The molecule has 21 heavy (non-hydrogen) atoms. The molecular weight excluding hydrogens is 287 g/mol. The van der Waals surface area contributed by atoms with Crippen LogP contribution in [0.25, 0.3) is 0 Å². The summed E-state index contributed by atoms with van der Waals surface area (Å²) >= 11 is 0. The van der Waals surface area contributed by atoms with Gasteiger partial charge in [0.1, 0.15) is 11.8 Å². The summed E-state index contributed by atoms with van der Waals surface area (Å²) in [4.78, 5) is 16.3. The van der Waals surface area contributed by atoms with Crippen LogP contribution in [0.15, 0.2) is 17.1 Å². The zero-order valence-electron chi connectivity index (χ0n) is 11.2. The number of alkyl halides is 3. The van der Waals surface area contributed by atoms with Crippen LogP contribution in [0.5, 0.6) is 0 Å². The highest BCUT2D eigenvalue weighted by molar-refractivity contribution is 5.19. The van der Waals surface area contributed by atoms with E-state index < -0.39 is 23.4 Å². The number of hydrogen-bond donors (Lipinski definition) is 2. The van der Waals surface area contributed by atoms with Gasteiger partial charge in [0.15, 0.2) is 5.43 Å². The number of morpholine rings is 1. The Bertz CT molecular complexity index is 573. The molecule has 2 N–H and O–H groups in total. The number of rotatable bonds is 1. The van der Waals surface area contributed by atoms with E-state index in [0.717, 1.165) is 25.8 Å². The van der Waals surface area contributed by atoms with Gasteiger partial charge >= 0.3 is 6.18 Å². The average molecular weight is 303 g/mol. The molecule has 116 valence electrons. The number of aromatic nitrogens is 1. The van der Waals surface area contributed by atoms with Gasteiger partial charge in [-0.25, -0.2) is 0 Å². The monoisotopic (exact) mass is 303 g/mol. The number of ether oxygens (including phenoxy) is 1. The minimum atomic E-state index is -4.55. The van der Waals surface area contributed by atoms with Crippen LogP contribution in [-0.4, -0.2) is 48.7 Å². The number of H-pyrrole nitrogens is 1. The van der Waals surface area contributed by atoms with Crippen LogP contribution in [0.2, 0.25) is 0 Å². The Morgan fingerprint density at radius 2 is 2.19 bits per heavy atom. The summed E-state index contributed by atoms with van der Waals surface area (Å²) in [5.41, 5.74) is -1.42. The number of piperazine rings is 1. The smallest absolute Gasteiger partial charge is 0.370 e. The van der Waals surface area contributed by atoms with Crippen molar-refractivity contribution in [2.45, 2.75) is 18.3 Å². The van der Waals surface area contributed by atoms with Crippen molar-refractivity contribution in [1.82, 2.24) is 15.2 Å². The lowest BCUT2D eigenvalue weighted by Gasteiger charge is -2.42. The van der Waals surface area contributed by atoms with Crippen molar-refractivity contribution in [3.05, 3.63) is 33.7 Å². The first-order chi connectivity index (χ1) is 9.95. The van der Waals surface area contributed by atoms with Crippen LogP contribution in [0.1, 0.15) is 17.4 Å². The number of nitrogens with one attached hydrogen (secondary N) is 2. The van der Waals surface area contributed by atoms with Crippen molar-refractivity contribution in [3.8, 4) is 0 Å². The topological polar surface area (TPSA) is 57.4 Å². The van der Waals surface area contributed by atoms with E-state index in [1.165, 1.54) is 0 Å². The zero-order chi connectivity index (χ0) is 15.0. The maximum Gasteiger partial charge on any atom is 0.431 e. The number of hydrogen-bond acceptors (Lipinski definition) is 4. The fourth-order valence-electron chi connectivity index (χ4n) is 2.79. The summed E-state index contributed by atoms with van der Waals surface area (Å²) in [6.07, 6.45) is -3.90. The minimum Gasteiger partial charge on any atom is -0.370 e. The molecule has 2 aliphatic rings. The first-order valence-corrected chi connectivity index (χ1v) is 6.81. The average Bonchev–Trinajstić information content (AvgIpc) is 2.45. The Morgan fingerprint density at radius 3 is 2.90 bits per heavy atom. The van der Waals surface area contributed by atoms with E-state index in [9.17, 15) is 18.0 Å². The lowest BCUT2D eigenvalue weighted by atomic mass is 10.1. The SMILES string of the molecule is O=c1cc(C(F)(F)F)[nH]cc1[C@@H]1CN2CCNC[C@H]2CO1. The molecule has 0 aromatic carbocycles. The fraction of sp³-hybridized carbons (Fsp3) is 0.615. The molecule has 0 aliphatic carbocycles. The van der Waals surface area contributed by atoms with Gasteiger partial charge in [-0.3, -0.25) is 9.69 Å². The molecule has 2 saturated heterocycles. The molecule has 3 rings (SSSR count). The second kappa shape index (κ2) is 5.43. The number of fused-ring (bicyclic) bond motifs is 1. The van der Waals surface area contributed by atoms with Gasteiger partial charge in [-0.1, -0.05) is 0 Å². The second-order valence-electron chi connectivity index (χ2n) is 5.34. The van der Waals surface area contributed by atoms with Crippen LogP contribution in [0, 0.1) is 0 Å². The number of aromatic amines is 1. The molecule has 3 heterocycles. The standard InChI is InChI=1S/C13H16F3N3O2/c14-13(15,16)12-3-10(20)9(5-18-12)11-6-19-2-1-17-4-8(19)7-21-11/h3,5,8,11,17H,1-2,4,6-7H2,(H,18,20)/t8-,11-/m0/s1. The summed E-state index contributed by atoms with van der Waals surface area (Å²) < 4.78 is 43.3. The van der Waals surface area contributed by atoms with Gasteiger partial charge in [-0.2, -0.15) is 13.2 Å². The molecule has 0 saturated carbocycles. The Hall–Kier alpha value is -1.38. The van der Waals surface area contributed by atoms with Crippen molar-refractivity contribution in [2.24, 2.45) is 0 Å². The van der Waals surface area contributed by atoms with E-state index in [2.05, 4.69) is 15.2 Å². The highest BCUT2D eigenvalue weighted by Crippen LogP contribution is 2.28. The van der Waals surface area contributed by atoms with Crippen LogP contribution >= 0.6 is 0 Å². The summed E-state index contributed by atoms with van der Waals surface area (Å²) in [7, 11) is 0. The van der Waals surface area contributed by atoms with E-state index in [1.54, 1.807) is 0 Å². The number of pyridine rings is 1. The lowest BCUT2D eigenvalue weighted by Crippen LogP contribution is -2.57. The highest BCUT2D eigenvalue weighted by atomic mass is 19.4. The molecule has 0 spiro atoms. The number of halogens is 3. The predicted octanol–water partition coefficient (Wildman–Crippen LogP) is 0.739. The summed E-state index contributed by atoms with van der Waals surface area (Å²) in [5, 5.41) is 3.26. The largest absolute Gasteiger partial charge is 0.431 e. The molecule has 0 unspecified atom stereocenters. The summed E-state index contributed by atoms with van der Waals surface area (Å²) in [6, 6.07) is 0.867. The Labute approximate surface area is 119 Å². The maximum absolute atomic E-state index is 12.5. The fourth-order valence-corrected chi connectivity index (χ4v) is 2.79. The molecule has 0 amide bonds. The van der Waals surface area contributed by atoms with Crippen LogP contribution in [0.3, 0.4) is 0 Å². The van der Waals surface area contributed by atoms with Gasteiger partial charge in [0.25, 0.3) is 0 Å². The van der Waals surface area contributed by atoms with Crippen molar-refractivity contribution in [2.75, 3.05) is 32.8 Å². The van der Waals surface area contributed by atoms with Gasteiger partial charge < -0.3 is 15.0 Å². The molecule has 0 radical (unpaired) electrons. The first-order valence-electron chi connectivity index (χ1n) is 6.81. The van der Waals surface area contributed by atoms with Gasteiger partial charge in [-0.15, -0.1) is 0 Å². The van der Waals surface area contributed by atoms with Gasteiger partial charge in [0.2, 0.25) is 0 Å².